The molecule has 1 aliphatic rings. The monoisotopic (exact) mass is 347 g/mol. The van der Waals surface area contributed by atoms with E-state index < -0.39 is 0 Å². The fourth-order valence-corrected chi connectivity index (χ4v) is 3.10. The Labute approximate surface area is 147 Å². The van der Waals surface area contributed by atoms with Gasteiger partial charge in [-0.15, -0.1) is 0 Å². The summed E-state index contributed by atoms with van der Waals surface area (Å²) in [4.78, 5) is 12.6. The van der Waals surface area contributed by atoms with Gasteiger partial charge >= 0.3 is 0 Å². The molecule has 0 N–H and O–H groups in total. The van der Waals surface area contributed by atoms with E-state index in [2.05, 4.69) is 40.2 Å². The number of aliphatic imine (C=N–C) groups is 1. The Morgan fingerprint density at radius 1 is 1.26 bits per heavy atom. The molecule has 1 aliphatic heterocycles. The molecule has 0 unspecified atom stereocenters. The van der Waals surface area contributed by atoms with Crippen molar-refractivity contribution in [2.45, 2.75) is 19.3 Å². The van der Waals surface area contributed by atoms with Gasteiger partial charge in [0, 0.05) is 41.7 Å². The second kappa shape index (κ2) is 8.94. The highest BCUT2D eigenvalue weighted by molar-refractivity contribution is 8.11. The minimum Gasteiger partial charge on any atom is -0.357 e. The molecule has 0 amide bonds. The quantitative estimate of drug-likeness (QED) is 0.528. The maximum Gasteiger partial charge on any atom is 0.128 e. The van der Waals surface area contributed by atoms with E-state index in [1.165, 1.54) is 31.0 Å². The van der Waals surface area contributed by atoms with Crippen LogP contribution in [0.2, 0.25) is 0 Å². The lowest BCUT2D eigenvalue weighted by Crippen LogP contribution is -2.30. The van der Waals surface area contributed by atoms with Gasteiger partial charge in [0.05, 0.1) is 0 Å². The summed E-state index contributed by atoms with van der Waals surface area (Å²) in [6.07, 6.45) is 9.27. The van der Waals surface area contributed by atoms with Crippen molar-refractivity contribution in [2.75, 3.05) is 25.0 Å². The van der Waals surface area contributed by atoms with Crippen molar-refractivity contribution in [1.82, 2.24) is 4.98 Å². The summed E-state index contributed by atoms with van der Waals surface area (Å²) < 4.78 is 0. The lowest BCUT2D eigenvalue weighted by molar-refractivity contribution is 0.573. The molecular weight excluding hydrogens is 326 g/mol. The van der Waals surface area contributed by atoms with Gasteiger partial charge in [-0.05, 0) is 43.5 Å². The summed E-state index contributed by atoms with van der Waals surface area (Å²) in [5.41, 5.74) is 1.01. The normalized spacial score (nSPS) is 15.9. The third kappa shape index (κ3) is 5.56. The summed E-state index contributed by atoms with van der Waals surface area (Å²) in [5.74, 6) is 1.05. The Morgan fingerprint density at radius 3 is 2.61 bits per heavy atom. The third-order valence-electron chi connectivity index (χ3n) is 3.62. The number of halogens is 1. The zero-order chi connectivity index (χ0) is 16.7. The minimum absolute atomic E-state index is 0.449. The first-order valence-corrected chi connectivity index (χ1v) is 8.87. The van der Waals surface area contributed by atoms with E-state index in [9.17, 15) is 0 Å². The number of nitrogens with zero attached hydrogens (tertiary/aromatic N) is 3. The number of piperidine rings is 1. The Bertz CT molecular complexity index is 614. The van der Waals surface area contributed by atoms with Crippen LogP contribution < -0.4 is 4.90 Å². The molecule has 0 spiro atoms. The van der Waals surface area contributed by atoms with Crippen molar-refractivity contribution in [3.63, 3.8) is 0 Å². The Balaban J connectivity index is 1.94. The fraction of sp³-hybridized carbons (Fsp3) is 0.333. The molecule has 23 heavy (non-hydrogen) atoms. The molecule has 0 aromatic carbocycles. The van der Waals surface area contributed by atoms with Gasteiger partial charge < -0.3 is 4.90 Å². The number of pyridine rings is 1. The SMILES string of the molecule is C=C(/C=C\C(Cl)=NC)SC(=C)c1ccc(N2CCCCC2)nc1. The van der Waals surface area contributed by atoms with Crippen LogP contribution in [-0.4, -0.2) is 30.3 Å². The van der Waals surface area contributed by atoms with Crippen LogP contribution >= 0.6 is 23.4 Å². The zero-order valence-corrected chi connectivity index (χ0v) is 15.0. The molecule has 1 aromatic heterocycles. The minimum atomic E-state index is 0.449. The van der Waals surface area contributed by atoms with Gasteiger partial charge in [0.15, 0.2) is 0 Å². The summed E-state index contributed by atoms with van der Waals surface area (Å²) in [7, 11) is 1.65. The summed E-state index contributed by atoms with van der Waals surface area (Å²) >= 11 is 7.33. The standard InChI is InChI=1S/C18H22ClN3S/c1-14(7-9-17(19)20-3)23-15(2)16-8-10-18(21-13-16)22-11-5-4-6-12-22/h7-10,13H,1-2,4-6,11-12H2,3H3/b9-7-,20-17?. The topological polar surface area (TPSA) is 28.5 Å². The predicted octanol–water partition coefficient (Wildman–Crippen LogP) is 5.11. The largest absolute Gasteiger partial charge is 0.357 e. The number of aromatic nitrogens is 1. The van der Waals surface area contributed by atoms with E-state index in [1.807, 2.05) is 12.3 Å². The third-order valence-corrected chi connectivity index (χ3v) is 4.80. The van der Waals surface area contributed by atoms with Crippen molar-refractivity contribution in [3.8, 4) is 0 Å². The van der Waals surface area contributed by atoms with Gasteiger partial charge in [0.1, 0.15) is 11.0 Å². The van der Waals surface area contributed by atoms with Crippen LogP contribution in [0.25, 0.3) is 4.91 Å². The molecule has 0 radical (unpaired) electrons. The molecule has 2 heterocycles. The molecule has 0 bridgehead atoms. The Hall–Kier alpha value is -1.52. The van der Waals surface area contributed by atoms with E-state index in [1.54, 1.807) is 13.1 Å². The second-order valence-electron chi connectivity index (χ2n) is 5.32. The number of rotatable bonds is 6. The number of allylic oxidation sites excluding steroid dienone is 2. The van der Waals surface area contributed by atoms with Gasteiger partial charge in [-0.1, -0.05) is 36.5 Å². The van der Waals surface area contributed by atoms with Crippen molar-refractivity contribution < 1.29 is 0 Å². The lowest BCUT2D eigenvalue weighted by Gasteiger charge is -2.27. The van der Waals surface area contributed by atoms with E-state index in [0.29, 0.717) is 5.17 Å². The lowest BCUT2D eigenvalue weighted by atomic mass is 10.1. The van der Waals surface area contributed by atoms with Crippen molar-refractivity contribution >= 4 is 39.3 Å². The van der Waals surface area contributed by atoms with E-state index in [-0.39, 0.29) is 0 Å². The van der Waals surface area contributed by atoms with Crippen LogP contribution in [0.5, 0.6) is 0 Å². The molecular formula is C18H22ClN3S. The highest BCUT2D eigenvalue weighted by atomic mass is 35.5. The van der Waals surface area contributed by atoms with Crippen LogP contribution in [0, 0.1) is 0 Å². The van der Waals surface area contributed by atoms with Crippen LogP contribution in [0.3, 0.4) is 0 Å². The maximum absolute atomic E-state index is 5.83. The maximum atomic E-state index is 5.83. The Kier molecular flexibility index (Phi) is 6.93. The van der Waals surface area contributed by atoms with Crippen molar-refractivity contribution in [2.24, 2.45) is 4.99 Å². The predicted molar refractivity (Wildman–Crippen MR) is 104 cm³/mol. The summed E-state index contributed by atoms with van der Waals surface area (Å²) in [5, 5.41) is 0.449. The summed E-state index contributed by atoms with van der Waals surface area (Å²) in [6.45, 7) is 10.3. The van der Waals surface area contributed by atoms with Crippen LogP contribution in [0.15, 0.2) is 53.5 Å². The smallest absolute Gasteiger partial charge is 0.128 e. The molecule has 1 saturated heterocycles. The van der Waals surface area contributed by atoms with Crippen LogP contribution in [-0.2, 0) is 0 Å². The van der Waals surface area contributed by atoms with Crippen molar-refractivity contribution in [3.05, 3.63) is 54.1 Å². The number of thioether (sulfide) groups is 1. The molecule has 1 aromatic rings. The molecule has 0 saturated carbocycles. The fourth-order valence-electron chi connectivity index (χ4n) is 2.35. The second-order valence-corrected chi connectivity index (χ2v) is 6.93. The van der Waals surface area contributed by atoms with Gasteiger partial charge in [0.25, 0.3) is 0 Å². The molecule has 1 fully saturated rings. The van der Waals surface area contributed by atoms with Crippen LogP contribution in [0.1, 0.15) is 24.8 Å². The number of hydrogen-bond donors (Lipinski definition) is 0. The van der Waals surface area contributed by atoms with Gasteiger partial charge in [-0.25, -0.2) is 4.98 Å². The van der Waals surface area contributed by atoms with Gasteiger partial charge in [0.2, 0.25) is 0 Å². The molecule has 5 heteroatoms. The first-order chi connectivity index (χ1) is 11.1. The number of hydrogen-bond acceptors (Lipinski definition) is 4. The highest BCUT2D eigenvalue weighted by Gasteiger charge is 2.12. The Morgan fingerprint density at radius 2 is 2.00 bits per heavy atom. The molecule has 3 nitrogen and oxygen atoms in total. The van der Waals surface area contributed by atoms with Gasteiger partial charge in [-0.2, -0.15) is 0 Å². The van der Waals surface area contributed by atoms with E-state index in [4.69, 9.17) is 11.6 Å². The molecule has 2 rings (SSSR count). The molecule has 0 atom stereocenters. The van der Waals surface area contributed by atoms with Crippen molar-refractivity contribution in [1.29, 1.82) is 0 Å². The van der Waals surface area contributed by atoms with E-state index >= 15 is 0 Å². The first kappa shape index (κ1) is 17.8. The van der Waals surface area contributed by atoms with Gasteiger partial charge in [-0.3, -0.25) is 4.99 Å². The highest BCUT2D eigenvalue weighted by Crippen LogP contribution is 2.32. The van der Waals surface area contributed by atoms with E-state index in [0.717, 1.165) is 34.3 Å². The average molecular weight is 348 g/mol. The average Bonchev–Trinajstić information content (AvgIpc) is 2.60. The molecule has 122 valence electrons. The number of anilines is 1. The molecule has 0 aliphatic carbocycles. The van der Waals surface area contributed by atoms with Crippen LogP contribution in [0.4, 0.5) is 5.82 Å². The first-order valence-electron chi connectivity index (χ1n) is 7.67. The summed E-state index contributed by atoms with van der Waals surface area (Å²) in [6, 6.07) is 4.15. The zero-order valence-electron chi connectivity index (χ0n) is 13.5.